The summed E-state index contributed by atoms with van der Waals surface area (Å²) in [6.07, 6.45) is 14.2. The minimum Gasteiger partial charge on any atom is -0.361 e. The van der Waals surface area contributed by atoms with Crippen LogP contribution < -0.4 is 10.6 Å². The number of nitrogens with one attached hydrogen (secondary N) is 3. The third-order valence-corrected chi connectivity index (χ3v) is 5.69. The van der Waals surface area contributed by atoms with Crippen molar-refractivity contribution >= 4 is 45.7 Å². The molecule has 0 bridgehead atoms. The molecule has 1 aliphatic carbocycles. The molecule has 1 atom stereocenters. The van der Waals surface area contributed by atoms with Gasteiger partial charge in [0.25, 0.3) is 0 Å². The van der Waals surface area contributed by atoms with Gasteiger partial charge >= 0.3 is 0 Å². The van der Waals surface area contributed by atoms with Crippen molar-refractivity contribution in [1.82, 2.24) is 15.6 Å². The van der Waals surface area contributed by atoms with Gasteiger partial charge in [-0.2, -0.15) is 0 Å². The number of fused-ring (bicyclic) bond motifs is 2. The fraction of sp³-hybridized carbons (Fsp3) is 0.333. The number of benzene rings is 1. The predicted octanol–water partition coefficient (Wildman–Crippen LogP) is 3.86. The number of unbranched alkanes of at least 4 members (excludes halogenated alkanes) is 2. The lowest BCUT2D eigenvalue weighted by Crippen LogP contribution is -2.42. The topological polar surface area (TPSA) is 81.6 Å². The summed E-state index contributed by atoms with van der Waals surface area (Å²) in [5.74, 6) is 1.05. The quantitative estimate of drug-likeness (QED) is 0.415. The Morgan fingerprint density at radius 3 is 3.03 bits per heavy atom. The highest BCUT2D eigenvalue weighted by atomic mass is 32.1. The first-order chi connectivity index (χ1) is 15.2. The van der Waals surface area contributed by atoms with Gasteiger partial charge in [0.15, 0.2) is 5.11 Å². The van der Waals surface area contributed by atoms with Gasteiger partial charge in [0, 0.05) is 36.6 Å². The third-order valence-electron chi connectivity index (χ3n) is 5.50. The van der Waals surface area contributed by atoms with Gasteiger partial charge < -0.3 is 15.6 Å². The van der Waals surface area contributed by atoms with Crippen molar-refractivity contribution in [1.29, 1.82) is 0 Å². The fourth-order valence-electron chi connectivity index (χ4n) is 3.88. The van der Waals surface area contributed by atoms with Gasteiger partial charge in [0.05, 0.1) is 11.6 Å². The number of carbonyl (C=O) groups is 1. The van der Waals surface area contributed by atoms with Crippen molar-refractivity contribution in [2.24, 2.45) is 15.9 Å². The minimum absolute atomic E-state index is 0.0691. The molecule has 2 aliphatic rings. The molecule has 0 saturated carbocycles. The zero-order valence-corrected chi connectivity index (χ0v) is 18.3. The zero-order chi connectivity index (χ0) is 21.5. The number of hydrogen-bond donors (Lipinski definition) is 3. The van der Waals surface area contributed by atoms with Crippen LogP contribution in [0.5, 0.6) is 0 Å². The van der Waals surface area contributed by atoms with Gasteiger partial charge in [-0.3, -0.25) is 9.79 Å². The van der Waals surface area contributed by atoms with Crippen LogP contribution in [-0.2, 0) is 11.2 Å². The SMILES string of the molecule is O=C(CCCCCN=C1NC(=S)N=C2C=CC=CC21)NCCc1c[nH]c2ccccc12. The molecular formula is C24H27N5OS. The molecule has 0 saturated heterocycles. The standard InChI is InChI=1S/C24H27N5OS/c30-22(25-15-13-17-16-27-20-10-5-3-8-18(17)20)12-2-1-7-14-26-23-19-9-4-6-11-21(19)28-24(31)29-23/h3-6,8-11,16,19,27H,1-2,7,12-15H2,(H,25,30)(H,26,29,31). The second kappa shape index (κ2) is 10.3. The number of thiocarbonyl (C=S) groups is 1. The maximum atomic E-state index is 12.1. The molecule has 4 rings (SSSR count). The van der Waals surface area contributed by atoms with Crippen LogP contribution in [0.15, 0.2) is 64.8 Å². The normalized spacial score (nSPS) is 18.7. The van der Waals surface area contributed by atoms with Gasteiger partial charge in [0.1, 0.15) is 5.84 Å². The highest BCUT2D eigenvalue weighted by Gasteiger charge is 2.24. The number of amides is 1. The maximum Gasteiger partial charge on any atom is 0.220 e. The molecule has 2 aromatic rings. The van der Waals surface area contributed by atoms with Crippen LogP contribution >= 0.6 is 12.2 Å². The average molecular weight is 434 g/mol. The highest BCUT2D eigenvalue weighted by Crippen LogP contribution is 2.18. The first-order valence-corrected chi connectivity index (χ1v) is 11.2. The molecule has 1 unspecified atom stereocenters. The maximum absolute atomic E-state index is 12.1. The van der Waals surface area contributed by atoms with E-state index in [-0.39, 0.29) is 11.8 Å². The number of para-hydroxylation sites is 1. The van der Waals surface area contributed by atoms with Gasteiger partial charge in [-0.05, 0) is 49.2 Å². The second-order valence-corrected chi connectivity index (χ2v) is 8.11. The van der Waals surface area contributed by atoms with Gasteiger partial charge in [-0.15, -0.1) is 0 Å². The van der Waals surface area contributed by atoms with E-state index in [0.717, 1.165) is 42.7 Å². The van der Waals surface area contributed by atoms with Crippen LogP contribution in [0.4, 0.5) is 0 Å². The van der Waals surface area contributed by atoms with Crippen LogP contribution in [0.1, 0.15) is 31.2 Å². The number of aromatic amines is 1. The van der Waals surface area contributed by atoms with Crippen LogP contribution in [0.25, 0.3) is 10.9 Å². The van der Waals surface area contributed by atoms with E-state index in [0.29, 0.717) is 24.6 Å². The minimum atomic E-state index is 0.0691. The lowest BCUT2D eigenvalue weighted by atomic mass is 9.96. The Bertz CT molecular complexity index is 1080. The van der Waals surface area contributed by atoms with Crippen molar-refractivity contribution in [2.45, 2.75) is 32.1 Å². The van der Waals surface area contributed by atoms with Gasteiger partial charge in [0.2, 0.25) is 5.91 Å². The largest absolute Gasteiger partial charge is 0.361 e. The molecule has 6 nitrogen and oxygen atoms in total. The Morgan fingerprint density at radius 2 is 2.10 bits per heavy atom. The Balaban J connectivity index is 1.12. The fourth-order valence-corrected chi connectivity index (χ4v) is 4.09. The average Bonchev–Trinajstić information content (AvgIpc) is 3.19. The zero-order valence-electron chi connectivity index (χ0n) is 17.4. The summed E-state index contributed by atoms with van der Waals surface area (Å²) in [6, 6.07) is 8.23. The highest BCUT2D eigenvalue weighted by molar-refractivity contribution is 7.80. The van der Waals surface area contributed by atoms with Crippen LogP contribution in [0.2, 0.25) is 0 Å². The van der Waals surface area contributed by atoms with E-state index >= 15 is 0 Å². The smallest absolute Gasteiger partial charge is 0.220 e. The van der Waals surface area contributed by atoms with Crippen molar-refractivity contribution in [3.8, 4) is 0 Å². The van der Waals surface area contributed by atoms with Crippen LogP contribution in [0, 0.1) is 5.92 Å². The van der Waals surface area contributed by atoms with Gasteiger partial charge in [-0.1, -0.05) is 42.8 Å². The van der Waals surface area contributed by atoms with Crippen molar-refractivity contribution < 1.29 is 4.79 Å². The molecule has 1 amide bonds. The molecule has 0 spiro atoms. The first kappa shape index (κ1) is 21.2. The Morgan fingerprint density at radius 1 is 1.19 bits per heavy atom. The number of aliphatic imine (C=N–C) groups is 2. The number of rotatable bonds is 9. The lowest BCUT2D eigenvalue weighted by Gasteiger charge is -2.24. The van der Waals surface area contributed by atoms with E-state index in [9.17, 15) is 4.79 Å². The van der Waals surface area contributed by atoms with E-state index < -0.39 is 0 Å². The Kier molecular flexibility index (Phi) is 7.04. The summed E-state index contributed by atoms with van der Waals surface area (Å²) in [5.41, 5.74) is 3.31. The van der Waals surface area contributed by atoms with E-state index in [2.05, 4.69) is 43.8 Å². The molecule has 31 heavy (non-hydrogen) atoms. The monoisotopic (exact) mass is 433 g/mol. The van der Waals surface area contributed by atoms with Crippen molar-refractivity contribution in [2.75, 3.05) is 13.1 Å². The summed E-state index contributed by atoms with van der Waals surface area (Å²) in [6.45, 7) is 1.38. The molecule has 160 valence electrons. The summed E-state index contributed by atoms with van der Waals surface area (Å²) >= 11 is 5.20. The summed E-state index contributed by atoms with van der Waals surface area (Å²) in [7, 11) is 0. The predicted molar refractivity (Wildman–Crippen MR) is 131 cm³/mol. The molecule has 1 aliphatic heterocycles. The van der Waals surface area contributed by atoms with Gasteiger partial charge in [-0.25, -0.2) is 4.99 Å². The summed E-state index contributed by atoms with van der Waals surface area (Å²) < 4.78 is 0. The van der Waals surface area contributed by atoms with Crippen LogP contribution in [-0.4, -0.2) is 40.6 Å². The van der Waals surface area contributed by atoms with E-state index in [1.54, 1.807) is 0 Å². The second-order valence-electron chi connectivity index (χ2n) is 7.73. The molecular weight excluding hydrogens is 406 g/mol. The molecule has 2 heterocycles. The molecule has 7 heteroatoms. The van der Waals surface area contributed by atoms with Crippen LogP contribution in [0.3, 0.4) is 0 Å². The van der Waals surface area contributed by atoms with E-state index in [4.69, 9.17) is 12.2 Å². The number of carbonyl (C=O) groups excluding carboxylic acids is 1. The van der Waals surface area contributed by atoms with E-state index in [1.807, 2.05) is 36.6 Å². The first-order valence-electron chi connectivity index (χ1n) is 10.8. The molecule has 1 aromatic heterocycles. The Hall–Kier alpha value is -3.06. The van der Waals surface area contributed by atoms with Crippen molar-refractivity contribution in [3.05, 3.63) is 60.3 Å². The molecule has 0 radical (unpaired) electrons. The summed E-state index contributed by atoms with van der Waals surface area (Å²) in [5, 5.41) is 7.84. The molecule has 3 N–H and O–H groups in total. The number of allylic oxidation sites excluding steroid dienone is 3. The number of hydrogen-bond acceptors (Lipinski definition) is 3. The van der Waals surface area contributed by atoms with Crippen molar-refractivity contribution in [3.63, 3.8) is 0 Å². The number of amidine groups is 1. The summed E-state index contributed by atoms with van der Waals surface area (Å²) in [4.78, 5) is 24.4. The number of nitrogens with zero attached hydrogens (tertiary/aromatic N) is 2. The Labute approximate surface area is 187 Å². The number of H-pyrrole nitrogens is 1. The lowest BCUT2D eigenvalue weighted by molar-refractivity contribution is -0.121. The third kappa shape index (κ3) is 5.55. The number of aromatic nitrogens is 1. The molecule has 0 fully saturated rings. The molecule has 1 aromatic carbocycles. The van der Waals surface area contributed by atoms with E-state index in [1.165, 1.54) is 10.9 Å².